The summed E-state index contributed by atoms with van der Waals surface area (Å²) in [4.78, 5) is 4.10. The van der Waals surface area contributed by atoms with Gasteiger partial charge in [0.25, 0.3) is 0 Å². The number of hydrogen-bond acceptors (Lipinski definition) is 2. The van der Waals surface area contributed by atoms with Crippen LogP contribution in [0.3, 0.4) is 0 Å². The van der Waals surface area contributed by atoms with Gasteiger partial charge in [-0.15, -0.1) is 0 Å². The minimum atomic E-state index is 0.429. The highest BCUT2D eigenvalue weighted by molar-refractivity contribution is 5.79. The van der Waals surface area contributed by atoms with Gasteiger partial charge in [0.2, 0.25) is 0 Å². The van der Waals surface area contributed by atoms with E-state index in [2.05, 4.69) is 50.9 Å². The second-order valence-corrected chi connectivity index (χ2v) is 4.99. The van der Waals surface area contributed by atoms with Crippen molar-refractivity contribution in [3.05, 3.63) is 47.3 Å². The van der Waals surface area contributed by atoms with Crippen LogP contribution in [0.4, 0.5) is 0 Å². The van der Waals surface area contributed by atoms with Crippen LogP contribution in [0.25, 0.3) is 5.57 Å². The molecule has 0 saturated carbocycles. The molecule has 2 heteroatoms. The zero-order valence-electron chi connectivity index (χ0n) is 12.6. The third-order valence-electron chi connectivity index (χ3n) is 3.67. The van der Waals surface area contributed by atoms with Crippen LogP contribution in [-0.4, -0.2) is 11.5 Å². The van der Waals surface area contributed by atoms with Crippen molar-refractivity contribution in [2.24, 2.45) is 11.7 Å². The molecule has 2 nitrogen and oxygen atoms in total. The summed E-state index contributed by atoms with van der Waals surface area (Å²) in [6.45, 7) is 9.44. The van der Waals surface area contributed by atoms with Crippen LogP contribution in [0.2, 0.25) is 0 Å². The molecular weight excluding hydrogens is 232 g/mol. The molecule has 0 fully saturated rings. The van der Waals surface area contributed by atoms with Crippen molar-refractivity contribution >= 4 is 5.57 Å². The maximum atomic E-state index is 5.82. The fraction of sp³-hybridized carbons (Fsp3) is 0.471. The standard InChI is InChI=1S/C17H26N2/c1-5-7-17(14(4)13(3)12-18)16(6-2)15-8-10-19-11-9-15/h6,8-11,13H,5,7,12,18H2,1-4H3/b16-6-,17-14+. The molecule has 19 heavy (non-hydrogen) atoms. The van der Waals surface area contributed by atoms with Gasteiger partial charge in [-0.3, -0.25) is 4.98 Å². The smallest absolute Gasteiger partial charge is 0.0273 e. The Kier molecular flexibility index (Phi) is 6.51. The van der Waals surface area contributed by atoms with Gasteiger partial charge in [-0.1, -0.05) is 31.9 Å². The van der Waals surface area contributed by atoms with E-state index in [1.165, 1.54) is 22.3 Å². The predicted molar refractivity (Wildman–Crippen MR) is 83.7 cm³/mol. The first-order chi connectivity index (χ1) is 9.15. The monoisotopic (exact) mass is 258 g/mol. The Balaban J connectivity index is 3.24. The summed E-state index contributed by atoms with van der Waals surface area (Å²) in [5.74, 6) is 0.429. The van der Waals surface area contributed by atoms with E-state index in [4.69, 9.17) is 5.73 Å². The number of aromatic nitrogens is 1. The molecular formula is C17H26N2. The lowest BCUT2D eigenvalue weighted by Crippen LogP contribution is -2.13. The van der Waals surface area contributed by atoms with Gasteiger partial charge >= 0.3 is 0 Å². The molecule has 1 aromatic heterocycles. The van der Waals surface area contributed by atoms with Gasteiger partial charge in [0, 0.05) is 12.4 Å². The first-order valence-corrected chi connectivity index (χ1v) is 7.12. The van der Waals surface area contributed by atoms with Crippen LogP contribution in [0.5, 0.6) is 0 Å². The van der Waals surface area contributed by atoms with Crippen molar-refractivity contribution in [2.45, 2.75) is 40.5 Å². The quantitative estimate of drug-likeness (QED) is 0.777. The van der Waals surface area contributed by atoms with E-state index in [0.29, 0.717) is 12.5 Å². The summed E-state index contributed by atoms with van der Waals surface area (Å²) < 4.78 is 0. The second kappa shape index (κ2) is 7.90. The summed E-state index contributed by atoms with van der Waals surface area (Å²) in [6, 6.07) is 4.15. The van der Waals surface area contributed by atoms with E-state index in [9.17, 15) is 0 Å². The lowest BCUT2D eigenvalue weighted by molar-refractivity contribution is 0.681. The summed E-state index contributed by atoms with van der Waals surface area (Å²) >= 11 is 0. The number of allylic oxidation sites excluding steroid dienone is 3. The van der Waals surface area contributed by atoms with Gasteiger partial charge in [0.15, 0.2) is 0 Å². The molecule has 0 saturated heterocycles. The van der Waals surface area contributed by atoms with Crippen LogP contribution in [-0.2, 0) is 0 Å². The van der Waals surface area contributed by atoms with E-state index in [0.717, 1.165) is 12.8 Å². The fourth-order valence-electron chi connectivity index (χ4n) is 2.32. The number of nitrogens with zero attached hydrogens (tertiary/aromatic N) is 1. The molecule has 0 aliphatic rings. The zero-order valence-corrected chi connectivity index (χ0v) is 12.6. The molecule has 104 valence electrons. The Labute approximate surface area is 117 Å². The highest BCUT2D eigenvalue weighted by atomic mass is 14.6. The second-order valence-electron chi connectivity index (χ2n) is 4.99. The predicted octanol–water partition coefficient (Wildman–Crippen LogP) is 4.20. The van der Waals surface area contributed by atoms with E-state index in [-0.39, 0.29) is 0 Å². The normalized spacial score (nSPS) is 15.1. The molecule has 0 amide bonds. The molecule has 1 unspecified atom stereocenters. The summed E-state index contributed by atoms with van der Waals surface area (Å²) in [6.07, 6.45) is 8.14. The van der Waals surface area contributed by atoms with Gasteiger partial charge in [-0.05, 0) is 61.6 Å². The largest absolute Gasteiger partial charge is 0.330 e. The Bertz CT molecular complexity index is 444. The van der Waals surface area contributed by atoms with Crippen LogP contribution < -0.4 is 5.73 Å². The van der Waals surface area contributed by atoms with Gasteiger partial charge in [0.05, 0.1) is 0 Å². The van der Waals surface area contributed by atoms with Crippen LogP contribution >= 0.6 is 0 Å². The van der Waals surface area contributed by atoms with E-state index in [1.54, 1.807) is 0 Å². The Hall–Kier alpha value is -1.41. The van der Waals surface area contributed by atoms with Crippen molar-refractivity contribution in [1.29, 1.82) is 0 Å². The topological polar surface area (TPSA) is 38.9 Å². The number of hydrogen-bond donors (Lipinski definition) is 1. The first-order valence-electron chi connectivity index (χ1n) is 7.12. The fourth-order valence-corrected chi connectivity index (χ4v) is 2.32. The van der Waals surface area contributed by atoms with E-state index in [1.807, 2.05) is 12.4 Å². The molecule has 1 aromatic rings. The average molecular weight is 258 g/mol. The number of nitrogens with two attached hydrogens (primary N) is 1. The maximum Gasteiger partial charge on any atom is 0.0273 e. The van der Waals surface area contributed by atoms with Crippen molar-refractivity contribution < 1.29 is 0 Å². The SMILES string of the molecule is C/C=C(\C(CCC)=C(/C)C(C)CN)c1ccncc1. The molecule has 2 N–H and O–H groups in total. The molecule has 0 spiro atoms. The first kappa shape index (κ1) is 15.6. The third kappa shape index (κ3) is 4.03. The van der Waals surface area contributed by atoms with Crippen molar-refractivity contribution in [3.8, 4) is 0 Å². The molecule has 0 aliphatic heterocycles. The minimum Gasteiger partial charge on any atom is -0.330 e. The van der Waals surface area contributed by atoms with Crippen LogP contribution in [0.1, 0.15) is 46.1 Å². The molecule has 1 atom stereocenters. The Morgan fingerprint density at radius 1 is 1.37 bits per heavy atom. The summed E-state index contributed by atoms with van der Waals surface area (Å²) in [7, 11) is 0. The molecule has 0 bridgehead atoms. The third-order valence-corrected chi connectivity index (χ3v) is 3.67. The van der Waals surface area contributed by atoms with Crippen LogP contribution in [0.15, 0.2) is 41.7 Å². The molecule has 0 aliphatic carbocycles. The summed E-state index contributed by atoms with van der Waals surface area (Å²) in [5, 5.41) is 0. The minimum absolute atomic E-state index is 0.429. The van der Waals surface area contributed by atoms with Gasteiger partial charge in [0.1, 0.15) is 0 Å². The lowest BCUT2D eigenvalue weighted by Gasteiger charge is -2.19. The molecule has 0 radical (unpaired) electrons. The highest BCUT2D eigenvalue weighted by Crippen LogP contribution is 2.31. The Morgan fingerprint density at radius 3 is 2.47 bits per heavy atom. The van der Waals surface area contributed by atoms with Crippen molar-refractivity contribution in [2.75, 3.05) is 6.54 Å². The number of pyridine rings is 1. The molecule has 0 aromatic carbocycles. The lowest BCUT2D eigenvalue weighted by atomic mass is 9.87. The van der Waals surface area contributed by atoms with E-state index < -0.39 is 0 Å². The highest BCUT2D eigenvalue weighted by Gasteiger charge is 2.13. The Morgan fingerprint density at radius 2 is 2.00 bits per heavy atom. The van der Waals surface area contributed by atoms with E-state index >= 15 is 0 Å². The van der Waals surface area contributed by atoms with Crippen molar-refractivity contribution in [1.82, 2.24) is 4.98 Å². The summed E-state index contributed by atoms with van der Waals surface area (Å²) in [5.41, 5.74) is 11.2. The average Bonchev–Trinajstić information content (AvgIpc) is 2.46. The van der Waals surface area contributed by atoms with Gasteiger partial charge in [-0.2, -0.15) is 0 Å². The molecule has 1 rings (SSSR count). The maximum absolute atomic E-state index is 5.82. The van der Waals surface area contributed by atoms with Gasteiger partial charge in [-0.25, -0.2) is 0 Å². The van der Waals surface area contributed by atoms with Crippen LogP contribution in [0, 0.1) is 5.92 Å². The van der Waals surface area contributed by atoms with Gasteiger partial charge < -0.3 is 5.73 Å². The van der Waals surface area contributed by atoms with Crippen molar-refractivity contribution in [3.63, 3.8) is 0 Å². The zero-order chi connectivity index (χ0) is 14.3. The molecule has 1 heterocycles. The number of rotatable bonds is 6.